The van der Waals surface area contributed by atoms with Crippen molar-refractivity contribution < 1.29 is 9.18 Å². The molecule has 1 aromatic rings. The molecule has 1 aliphatic carbocycles. The number of hydrogen-bond acceptors (Lipinski definition) is 3. The molecule has 1 saturated carbocycles. The fraction of sp³-hybridized carbons (Fsp3) is 0.571. The molecule has 0 radical (unpaired) electrons. The molecule has 0 atom stereocenters. The Kier molecular flexibility index (Phi) is 3.36. The summed E-state index contributed by atoms with van der Waals surface area (Å²) in [6.45, 7) is 3.08. The van der Waals surface area contributed by atoms with E-state index in [4.69, 9.17) is 0 Å². The Balaban J connectivity index is 1.65. The monoisotopic (exact) mass is 263 g/mol. The van der Waals surface area contributed by atoms with E-state index < -0.39 is 5.95 Å². The quantitative estimate of drug-likeness (QED) is 0.762. The minimum atomic E-state index is -0.451. The van der Waals surface area contributed by atoms with Gasteiger partial charge in [0.25, 0.3) is 0 Å². The number of nitrogens with zero attached hydrogens (tertiary/aromatic N) is 3. The van der Waals surface area contributed by atoms with Gasteiger partial charge in [0, 0.05) is 32.1 Å². The Bertz CT molecular complexity index is 476. The number of carbonyl (C=O) groups is 1. The molecule has 0 spiro atoms. The molecule has 0 bridgehead atoms. The molecule has 3 rings (SSSR count). The average Bonchev–Trinajstić information content (AvgIpc) is 3.24. The van der Waals surface area contributed by atoms with Crippen LogP contribution in [0.5, 0.6) is 0 Å². The minimum Gasteiger partial charge on any atom is -0.355 e. The first-order valence-electron chi connectivity index (χ1n) is 6.90. The highest BCUT2D eigenvalue weighted by Gasteiger charge is 2.33. The highest BCUT2D eigenvalue weighted by molar-refractivity contribution is 5.81. The maximum Gasteiger partial charge on any atom is 0.225 e. The zero-order chi connectivity index (χ0) is 13.2. The van der Waals surface area contributed by atoms with Crippen molar-refractivity contribution in [2.24, 2.45) is 5.92 Å². The molecule has 5 heteroatoms. The highest BCUT2D eigenvalue weighted by atomic mass is 19.1. The third-order valence-electron chi connectivity index (χ3n) is 3.76. The van der Waals surface area contributed by atoms with Crippen molar-refractivity contribution in [2.75, 3.05) is 31.1 Å². The largest absolute Gasteiger partial charge is 0.355 e. The van der Waals surface area contributed by atoms with E-state index in [2.05, 4.69) is 9.88 Å². The standard InChI is InChI=1S/C14H18FN3O/c15-12-3-1-4-13(16-12)17-7-2-8-18(10-9-17)14(19)11-5-6-11/h1,3-4,11H,2,5-10H2. The Morgan fingerprint density at radius 1 is 1.21 bits per heavy atom. The molecule has 1 saturated heterocycles. The molecule has 102 valence electrons. The summed E-state index contributed by atoms with van der Waals surface area (Å²) in [4.78, 5) is 20.0. The SMILES string of the molecule is O=C(C1CC1)N1CCCN(c2cccc(F)n2)CC1. The average molecular weight is 263 g/mol. The molecule has 2 fully saturated rings. The summed E-state index contributed by atoms with van der Waals surface area (Å²) in [5.41, 5.74) is 0. The van der Waals surface area contributed by atoms with Crippen LogP contribution >= 0.6 is 0 Å². The number of rotatable bonds is 2. The van der Waals surface area contributed by atoms with Gasteiger partial charge in [-0.3, -0.25) is 4.79 Å². The second kappa shape index (κ2) is 5.15. The number of halogens is 1. The van der Waals surface area contributed by atoms with Crippen LogP contribution < -0.4 is 4.90 Å². The van der Waals surface area contributed by atoms with Crippen molar-refractivity contribution in [3.8, 4) is 0 Å². The molecule has 2 aliphatic rings. The van der Waals surface area contributed by atoms with E-state index in [0.717, 1.165) is 38.9 Å². The normalized spacial score (nSPS) is 20.3. The number of amides is 1. The summed E-state index contributed by atoms with van der Waals surface area (Å²) in [5.74, 6) is 0.793. The lowest BCUT2D eigenvalue weighted by Crippen LogP contribution is -2.36. The van der Waals surface area contributed by atoms with E-state index >= 15 is 0 Å². The maximum absolute atomic E-state index is 13.1. The van der Waals surface area contributed by atoms with Crippen molar-refractivity contribution in [3.63, 3.8) is 0 Å². The third kappa shape index (κ3) is 2.85. The first-order chi connectivity index (χ1) is 9.24. The summed E-state index contributed by atoms with van der Waals surface area (Å²) in [7, 11) is 0. The van der Waals surface area contributed by atoms with Crippen molar-refractivity contribution in [1.82, 2.24) is 9.88 Å². The van der Waals surface area contributed by atoms with Crippen LogP contribution in [0.1, 0.15) is 19.3 Å². The Hall–Kier alpha value is -1.65. The van der Waals surface area contributed by atoms with E-state index in [9.17, 15) is 9.18 Å². The number of hydrogen-bond donors (Lipinski definition) is 0. The zero-order valence-corrected chi connectivity index (χ0v) is 10.9. The summed E-state index contributed by atoms with van der Waals surface area (Å²) in [6.07, 6.45) is 3.01. The van der Waals surface area contributed by atoms with Crippen LogP contribution in [-0.4, -0.2) is 42.0 Å². The van der Waals surface area contributed by atoms with E-state index in [-0.39, 0.29) is 5.92 Å². The number of aromatic nitrogens is 1. The van der Waals surface area contributed by atoms with E-state index in [1.54, 1.807) is 6.07 Å². The first kappa shape index (κ1) is 12.4. The molecule has 1 amide bonds. The number of pyridine rings is 1. The fourth-order valence-electron chi connectivity index (χ4n) is 2.53. The third-order valence-corrected chi connectivity index (χ3v) is 3.76. The smallest absolute Gasteiger partial charge is 0.225 e. The molecular formula is C14H18FN3O. The molecule has 1 aliphatic heterocycles. The van der Waals surface area contributed by atoms with Crippen molar-refractivity contribution in [1.29, 1.82) is 0 Å². The van der Waals surface area contributed by atoms with Gasteiger partial charge in [0.15, 0.2) is 0 Å². The topological polar surface area (TPSA) is 36.4 Å². The molecule has 0 aromatic carbocycles. The van der Waals surface area contributed by atoms with E-state index in [1.807, 2.05) is 11.0 Å². The minimum absolute atomic E-state index is 0.277. The number of anilines is 1. The van der Waals surface area contributed by atoms with Crippen LogP contribution in [0.3, 0.4) is 0 Å². The van der Waals surface area contributed by atoms with Gasteiger partial charge < -0.3 is 9.80 Å². The summed E-state index contributed by atoms with van der Waals surface area (Å²) in [5, 5.41) is 0. The Labute approximate surface area is 112 Å². The molecule has 2 heterocycles. The first-order valence-corrected chi connectivity index (χ1v) is 6.90. The second-order valence-corrected chi connectivity index (χ2v) is 5.26. The van der Waals surface area contributed by atoms with E-state index in [1.165, 1.54) is 6.07 Å². The summed E-state index contributed by atoms with van der Waals surface area (Å²) < 4.78 is 13.1. The predicted molar refractivity (Wildman–Crippen MR) is 70.3 cm³/mol. The fourth-order valence-corrected chi connectivity index (χ4v) is 2.53. The van der Waals surface area contributed by atoms with Gasteiger partial charge in [-0.15, -0.1) is 0 Å². The zero-order valence-electron chi connectivity index (χ0n) is 10.9. The molecule has 4 nitrogen and oxygen atoms in total. The molecule has 0 N–H and O–H groups in total. The Morgan fingerprint density at radius 3 is 2.79 bits per heavy atom. The van der Waals surface area contributed by atoms with Gasteiger partial charge in [-0.25, -0.2) is 4.98 Å². The predicted octanol–water partition coefficient (Wildman–Crippen LogP) is 1.67. The lowest BCUT2D eigenvalue weighted by atomic mass is 10.3. The molecule has 19 heavy (non-hydrogen) atoms. The maximum atomic E-state index is 13.1. The number of carbonyl (C=O) groups excluding carboxylic acids is 1. The lowest BCUT2D eigenvalue weighted by Gasteiger charge is -2.22. The van der Waals surface area contributed by atoms with Crippen molar-refractivity contribution >= 4 is 11.7 Å². The summed E-state index contributed by atoms with van der Waals surface area (Å²) in [6, 6.07) is 4.85. The van der Waals surface area contributed by atoms with Gasteiger partial charge in [-0.05, 0) is 31.4 Å². The van der Waals surface area contributed by atoms with Crippen molar-refractivity contribution in [3.05, 3.63) is 24.1 Å². The van der Waals surface area contributed by atoms with Gasteiger partial charge in [0.05, 0.1) is 0 Å². The van der Waals surface area contributed by atoms with Gasteiger partial charge in [-0.2, -0.15) is 4.39 Å². The van der Waals surface area contributed by atoms with Gasteiger partial charge >= 0.3 is 0 Å². The van der Waals surface area contributed by atoms with Crippen LogP contribution in [0.15, 0.2) is 18.2 Å². The summed E-state index contributed by atoms with van der Waals surface area (Å²) >= 11 is 0. The van der Waals surface area contributed by atoms with Gasteiger partial charge in [-0.1, -0.05) is 6.07 Å². The second-order valence-electron chi connectivity index (χ2n) is 5.26. The van der Waals surface area contributed by atoms with Gasteiger partial charge in [0.2, 0.25) is 11.9 Å². The van der Waals surface area contributed by atoms with Crippen LogP contribution in [-0.2, 0) is 4.79 Å². The lowest BCUT2D eigenvalue weighted by molar-refractivity contribution is -0.132. The molecule has 1 aromatic heterocycles. The van der Waals surface area contributed by atoms with Crippen LogP contribution in [0.25, 0.3) is 0 Å². The van der Waals surface area contributed by atoms with E-state index in [0.29, 0.717) is 18.3 Å². The Morgan fingerprint density at radius 2 is 2.05 bits per heavy atom. The molecule has 0 unspecified atom stereocenters. The molecular weight excluding hydrogens is 245 g/mol. The van der Waals surface area contributed by atoms with Gasteiger partial charge in [0.1, 0.15) is 5.82 Å². The highest BCUT2D eigenvalue weighted by Crippen LogP contribution is 2.31. The van der Waals surface area contributed by atoms with Crippen molar-refractivity contribution in [2.45, 2.75) is 19.3 Å². The van der Waals surface area contributed by atoms with Crippen LogP contribution in [0, 0.1) is 11.9 Å². The van der Waals surface area contributed by atoms with Crippen LogP contribution in [0.2, 0.25) is 0 Å². The van der Waals surface area contributed by atoms with Crippen LogP contribution in [0.4, 0.5) is 10.2 Å².